The first-order chi connectivity index (χ1) is 14.0. The molecule has 0 radical (unpaired) electrons. The van der Waals surface area contributed by atoms with E-state index in [1.165, 1.54) is 4.90 Å². The number of fused-ring (bicyclic) bond motifs is 1. The van der Waals surface area contributed by atoms with Gasteiger partial charge in [0.15, 0.2) is 0 Å². The first-order valence-corrected chi connectivity index (χ1v) is 9.70. The molecule has 1 fully saturated rings. The van der Waals surface area contributed by atoms with E-state index in [-0.39, 0.29) is 18.5 Å². The molecule has 1 spiro atoms. The summed E-state index contributed by atoms with van der Waals surface area (Å²) in [4.78, 5) is 31.8. The molecule has 0 saturated carbocycles. The molecular formula is C18H26N8O3. The summed E-state index contributed by atoms with van der Waals surface area (Å²) in [6, 6.07) is -0.181. The van der Waals surface area contributed by atoms with Crippen LogP contribution in [0.3, 0.4) is 0 Å². The summed E-state index contributed by atoms with van der Waals surface area (Å²) in [5.41, 5.74) is 1.13. The lowest BCUT2D eigenvalue weighted by Crippen LogP contribution is -2.56. The maximum atomic E-state index is 12.7. The molecule has 4 heterocycles. The van der Waals surface area contributed by atoms with Crippen molar-refractivity contribution in [3.8, 4) is 0 Å². The molecule has 1 unspecified atom stereocenters. The molecule has 11 heteroatoms. The molecular weight excluding hydrogens is 376 g/mol. The molecule has 2 aromatic rings. The van der Waals surface area contributed by atoms with Gasteiger partial charge in [-0.1, -0.05) is 5.21 Å². The summed E-state index contributed by atoms with van der Waals surface area (Å²) in [5, 5.41) is 11.3. The molecule has 156 valence electrons. The second-order valence-electron chi connectivity index (χ2n) is 7.82. The Bertz CT molecular complexity index is 878. The van der Waals surface area contributed by atoms with Crippen LogP contribution in [0.5, 0.6) is 0 Å². The first-order valence-electron chi connectivity index (χ1n) is 9.70. The standard InChI is InChI=1S/C18H26N8O3/c1-23(2)17(28)20-8-14-15-10-29-18(12-26(15)22-21-14)4-3-6-25(11-18)16(27)9-24-7-5-19-13-24/h5,7,13H,3-4,6,8-12H2,1-2H3,(H,20,28). The molecule has 1 N–H and O–H groups in total. The first kappa shape index (κ1) is 19.4. The minimum absolute atomic E-state index is 0.0575. The number of ether oxygens (including phenoxy) is 1. The van der Waals surface area contributed by atoms with Crippen LogP contribution in [-0.4, -0.2) is 79.1 Å². The molecule has 4 rings (SSSR count). The second kappa shape index (κ2) is 7.82. The largest absolute Gasteiger partial charge is 0.365 e. The maximum Gasteiger partial charge on any atom is 0.317 e. The molecule has 11 nitrogen and oxygen atoms in total. The third-order valence-electron chi connectivity index (χ3n) is 5.45. The van der Waals surface area contributed by atoms with Gasteiger partial charge in [0.25, 0.3) is 0 Å². The Labute approximate surface area is 168 Å². The monoisotopic (exact) mass is 402 g/mol. The zero-order chi connectivity index (χ0) is 20.4. The van der Waals surface area contributed by atoms with E-state index in [1.54, 1.807) is 37.4 Å². The number of rotatable bonds is 4. The average molecular weight is 402 g/mol. The van der Waals surface area contributed by atoms with E-state index in [0.29, 0.717) is 31.9 Å². The molecule has 2 aliphatic heterocycles. The van der Waals surface area contributed by atoms with E-state index in [9.17, 15) is 9.59 Å². The summed E-state index contributed by atoms with van der Waals surface area (Å²) >= 11 is 0. The van der Waals surface area contributed by atoms with Gasteiger partial charge in [-0.15, -0.1) is 5.10 Å². The van der Waals surface area contributed by atoms with Gasteiger partial charge in [0.2, 0.25) is 5.91 Å². The lowest BCUT2D eigenvalue weighted by molar-refractivity contribution is -0.153. The Kier molecular flexibility index (Phi) is 5.22. The number of hydrogen-bond acceptors (Lipinski definition) is 6. The maximum absolute atomic E-state index is 12.7. The van der Waals surface area contributed by atoms with Crippen LogP contribution in [0.4, 0.5) is 4.79 Å². The van der Waals surface area contributed by atoms with Gasteiger partial charge in [0, 0.05) is 33.0 Å². The number of hydrogen-bond donors (Lipinski definition) is 1. The minimum atomic E-state index is -0.451. The van der Waals surface area contributed by atoms with Gasteiger partial charge in [0.1, 0.15) is 17.8 Å². The molecule has 1 atom stereocenters. The van der Waals surface area contributed by atoms with E-state index >= 15 is 0 Å². The lowest BCUT2D eigenvalue weighted by Gasteiger charge is -2.44. The fraction of sp³-hybridized carbons (Fsp3) is 0.611. The molecule has 2 aromatic heterocycles. The second-order valence-corrected chi connectivity index (χ2v) is 7.82. The van der Waals surface area contributed by atoms with Crippen LogP contribution < -0.4 is 5.32 Å². The van der Waals surface area contributed by atoms with Gasteiger partial charge in [-0.3, -0.25) is 4.79 Å². The van der Waals surface area contributed by atoms with E-state index in [2.05, 4.69) is 20.6 Å². The molecule has 3 amide bonds. The number of urea groups is 1. The highest BCUT2D eigenvalue weighted by Crippen LogP contribution is 2.32. The van der Waals surface area contributed by atoms with Gasteiger partial charge < -0.3 is 24.4 Å². The Morgan fingerprint density at radius 2 is 2.21 bits per heavy atom. The van der Waals surface area contributed by atoms with Crippen molar-refractivity contribution in [1.82, 2.24) is 39.7 Å². The number of amides is 3. The molecule has 1 saturated heterocycles. The average Bonchev–Trinajstić information content (AvgIpc) is 3.35. The van der Waals surface area contributed by atoms with Gasteiger partial charge in [-0.25, -0.2) is 14.5 Å². The smallest absolute Gasteiger partial charge is 0.317 e. The van der Waals surface area contributed by atoms with Crippen molar-refractivity contribution in [3.05, 3.63) is 30.1 Å². The number of imidazole rings is 1. The summed E-state index contributed by atoms with van der Waals surface area (Å²) in [6.45, 7) is 2.76. The fourth-order valence-corrected chi connectivity index (χ4v) is 3.84. The quantitative estimate of drug-likeness (QED) is 0.761. The Morgan fingerprint density at radius 3 is 2.97 bits per heavy atom. The minimum Gasteiger partial charge on any atom is -0.365 e. The van der Waals surface area contributed by atoms with Crippen LogP contribution in [0, 0.1) is 0 Å². The summed E-state index contributed by atoms with van der Waals surface area (Å²) in [6.07, 6.45) is 6.85. The molecule has 0 bridgehead atoms. The van der Waals surface area contributed by atoms with Crippen LogP contribution in [0.1, 0.15) is 24.2 Å². The molecule has 0 aromatic carbocycles. The highest BCUT2D eigenvalue weighted by Gasteiger charge is 2.42. The third kappa shape index (κ3) is 4.09. The van der Waals surface area contributed by atoms with E-state index in [0.717, 1.165) is 25.1 Å². The van der Waals surface area contributed by atoms with E-state index in [1.807, 2.05) is 9.58 Å². The Balaban J connectivity index is 1.40. The normalized spacial score (nSPS) is 21.1. The Hall–Kier alpha value is -2.95. The number of piperidine rings is 1. The van der Waals surface area contributed by atoms with Crippen molar-refractivity contribution in [2.24, 2.45) is 0 Å². The highest BCUT2D eigenvalue weighted by atomic mass is 16.5. The summed E-state index contributed by atoms with van der Waals surface area (Å²) in [7, 11) is 3.37. The van der Waals surface area contributed by atoms with E-state index in [4.69, 9.17) is 4.74 Å². The number of carbonyl (C=O) groups excluding carboxylic acids is 2. The van der Waals surface area contributed by atoms with Crippen LogP contribution in [0.25, 0.3) is 0 Å². The number of nitrogens with zero attached hydrogens (tertiary/aromatic N) is 7. The predicted octanol–water partition coefficient (Wildman–Crippen LogP) is -0.163. The number of carbonyl (C=O) groups is 2. The number of nitrogens with one attached hydrogen (secondary N) is 1. The van der Waals surface area contributed by atoms with Gasteiger partial charge >= 0.3 is 6.03 Å². The number of aromatic nitrogens is 5. The Morgan fingerprint density at radius 1 is 1.34 bits per heavy atom. The van der Waals surface area contributed by atoms with Crippen molar-refractivity contribution >= 4 is 11.9 Å². The van der Waals surface area contributed by atoms with Crippen molar-refractivity contribution < 1.29 is 14.3 Å². The summed E-state index contributed by atoms with van der Waals surface area (Å²) in [5.74, 6) is 0.0575. The molecule has 0 aliphatic carbocycles. The molecule has 2 aliphatic rings. The SMILES string of the molecule is CN(C)C(=O)NCc1nnn2c1COC1(CCCN(C(=O)Cn3ccnc3)C1)C2. The zero-order valence-corrected chi connectivity index (χ0v) is 16.7. The van der Waals surface area contributed by atoms with Crippen molar-refractivity contribution in [2.45, 2.75) is 44.7 Å². The van der Waals surface area contributed by atoms with Crippen molar-refractivity contribution in [1.29, 1.82) is 0 Å². The fourth-order valence-electron chi connectivity index (χ4n) is 3.84. The van der Waals surface area contributed by atoms with Crippen LogP contribution >= 0.6 is 0 Å². The van der Waals surface area contributed by atoms with Crippen LogP contribution in [-0.2, 0) is 35.8 Å². The van der Waals surface area contributed by atoms with Gasteiger partial charge in [-0.05, 0) is 12.8 Å². The topological polar surface area (TPSA) is 110 Å². The third-order valence-corrected chi connectivity index (χ3v) is 5.45. The van der Waals surface area contributed by atoms with Crippen molar-refractivity contribution in [2.75, 3.05) is 27.2 Å². The molecule has 29 heavy (non-hydrogen) atoms. The predicted molar refractivity (Wildman–Crippen MR) is 102 cm³/mol. The summed E-state index contributed by atoms with van der Waals surface area (Å²) < 4.78 is 9.89. The van der Waals surface area contributed by atoms with Crippen LogP contribution in [0.2, 0.25) is 0 Å². The van der Waals surface area contributed by atoms with Crippen molar-refractivity contribution in [3.63, 3.8) is 0 Å². The van der Waals surface area contributed by atoms with Gasteiger partial charge in [0.05, 0.1) is 38.3 Å². The number of likely N-dealkylation sites (tertiary alicyclic amines) is 1. The van der Waals surface area contributed by atoms with E-state index < -0.39 is 5.60 Å². The van der Waals surface area contributed by atoms with Gasteiger partial charge in [-0.2, -0.15) is 0 Å². The zero-order valence-electron chi connectivity index (χ0n) is 16.7. The lowest BCUT2D eigenvalue weighted by atomic mass is 9.91. The van der Waals surface area contributed by atoms with Crippen LogP contribution in [0.15, 0.2) is 18.7 Å². The highest BCUT2D eigenvalue weighted by molar-refractivity contribution is 5.76.